The van der Waals surface area contributed by atoms with Crippen LogP contribution in [0.5, 0.6) is 0 Å². The molecule has 4 fully saturated rings. The Bertz CT molecular complexity index is 2730. The van der Waals surface area contributed by atoms with Crippen molar-refractivity contribution in [1.82, 2.24) is 9.97 Å². The molecule has 0 unspecified atom stereocenters. The third kappa shape index (κ3) is 3.96. The van der Waals surface area contributed by atoms with Crippen LogP contribution >= 0.6 is 0 Å². The van der Waals surface area contributed by atoms with Crippen LogP contribution in [-0.4, -0.2) is 9.97 Å². The fraction of sp³-hybridized carbons (Fsp3) is 0.200. The van der Waals surface area contributed by atoms with Gasteiger partial charge in [-0.1, -0.05) is 127 Å². The number of hydrogen-bond acceptors (Lipinski definition) is 2. The van der Waals surface area contributed by atoms with E-state index in [1.54, 1.807) is 11.1 Å². The van der Waals surface area contributed by atoms with Gasteiger partial charge in [0.05, 0.1) is 22.4 Å². The molecule has 8 aromatic rings. The fourth-order valence-electron chi connectivity index (χ4n) is 11.8. The normalized spacial score (nSPS) is 23.8. The molecule has 13 rings (SSSR count). The molecular formula is C50H38N2. The van der Waals surface area contributed by atoms with Crippen LogP contribution in [0.1, 0.15) is 43.2 Å². The van der Waals surface area contributed by atoms with E-state index in [4.69, 9.17) is 9.97 Å². The first-order valence-electron chi connectivity index (χ1n) is 19.3. The van der Waals surface area contributed by atoms with E-state index in [-0.39, 0.29) is 5.41 Å². The monoisotopic (exact) mass is 666 g/mol. The molecule has 5 aliphatic carbocycles. The molecule has 0 aliphatic heterocycles. The van der Waals surface area contributed by atoms with Gasteiger partial charge < -0.3 is 0 Å². The minimum absolute atomic E-state index is 0.110. The van der Waals surface area contributed by atoms with Crippen LogP contribution in [0.25, 0.3) is 77.3 Å². The molecule has 1 spiro atoms. The molecule has 1 heterocycles. The summed E-state index contributed by atoms with van der Waals surface area (Å²) in [5, 5.41) is 5.04. The Morgan fingerprint density at radius 1 is 0.442 bits per heavy atom. The highest BCUT2D eigenvalue weighted by atomic mass is 14.8. The summed E-state index contributed by atoms with van der Waals surface area (Å²) in [6.45, 7) is 0. The van der Waals surface area contributed by atoms with Crippen molar-refractivity contribution in [2.24, 2.45) is 23.7 Å². The zero-order valence-electron chi connectivity index (χ0n) is 29.1. The van der Waals surface area contributed by atoms with Crippen LogP contribution in [0.3, 0.4) is 0 Å². The third-order valence-electron chi connectivity index (χ3n) is 13.6. The number of hydrogen-bond donors (Lipinski definition) is 0. The predicted molar refractivity (Wildman–Crippen MR) is 214 cm³/mol. The lowest BCUT2D eigenvalue weighted by Crippen LogP contribution is -2.55. The Balaban J connectivity index is 1.13. The minimum atomic E-state index is 0.110. The fourth-order valence-corrected chi connectivity index (χ4v) is 11.8. The highest BCUT2D eigenvalue weighted by molar-refractivity contribution is 6.06. The maximum Gasteiger partial charge on any atom is 0.0973 e. The maximum atomic E-state index is 5.61. The van der Waals surface area contributed by atoms with Gasteiger partial charge in [0.25, 0.3) is 0 Å². The molecule has 2 nitrogen and oxygen atoms in total. The van der Waals surface area contributed by atoms with Crippen molar-refractivity contribution in [2.75, 3.05) is 0 Å². The van der Waals surface area contributed by atoms with Gasteiger partial charge in [-0.25, -0.2) is 9.97 Å². The minimum Gasteiger partial charge on any atom is -0.244 e. The highest BCUT2D eigenvalue weighted by Crippen LogP contribution is 2.70. The van der Waals surface area contributed by atoms with Gasteiger partial charge in [-0.15, -0.1) is 0 Å². The van der Waals surface area contributed by atoms with E-state index in [2.05, 4.69) is 146 Å². The Morgan fingerprint density at radius 3 is 1.87 bits per heavy atom. The van der Waals surface area contributed by atoms with Crippen molar-refractivity contribution < 1.29 is 0 Å². The first-order valence-corrected chi connectivity index (χ1v) is 19.3. The number of benzene rings is 7. The molecular weight excluding hydrogens is 629 g/mol. The number of fused-ring (bicyclic) bond motifs is 8. The summed E-state index contributed by atoms with van der Waals surface area (Å²) in [6.07, 6.45) is 6.98. The summed E-state index contributed by atoms with van der Waals surface area (Å²) in [4.78, 5) is 11.1. The second-order valence-electron chi connectivity index (χ2n) is 16.2. The largest absolute Gasteiger partial charge is 0.244 e. The number of nitrogens with zero attached hydrogens (tertiary/aromatic N) is 2. The summed E-state index contributed by atoms with van der Waals surface area (Å²) in [6, 6.07) is 53.8. The van der Waals surface area contributed by atoms with Gasteiger partial charge in [0, 0.05) is 21.9 Å². The molecule has 4 saturated carbocycles. The number of aromatic nitrogens is 2. The Labute approximate surface area is 304 Å². The lowest BCUT2D eigenvalue weighted by atomic mass is 9.43. The van der Waals surface area contributed by atoms with Crippen LogP contribution in [0.2, 0.25) is 0 Å². The first kappa shape index (κ1) is 29.0. The van der Waals surface area contributed by atoms with Crippen molar-refractivity contribution in [2.45, 2.75) is 37.5 Å². The van der Waals surface area contributed by atoms with Crippen molar-refractivity contribution in [1.29, 1.82) is 0 Å². The maximum absolute atomic E-state index is 5.61. The molecule has 0 atom stereocenters. The zero-order valence-corrected chi connectivity index (χ0v) is 29.1. The highest BCUT2D eigenvalue weighted by Gasteiger charge is 2.61. The molecule has 52 heavy (non-hydrogen) atoms. The molecule has 1 aromatic heterocycles. The van der Waals surface area contributed by atoms with Crippen LogP contribution in [0, 0.1) is 23.7 Å². The van der Waals surface area contributed by atoms with E-state index in [0.29, 0.717) is 0 Å². The lowest BCUT2D eigenvalue weighted by molar-refractivity contribution is -0.0399. The average molecular weight is 667 g/mol. The van der Waals surface area contributed by atoms with E-state index in [9.17, 15) is 0 Å². The summed E-state index contributed by atoms with van der Waals surface area (Å²) in [7, 11) is 0. The van der Waals surface area contributed by atoms with E-state index in [1.165, 1.54) is 70.5 Å². The molecule has 5 aliphatic rings. The van der Waals surface area contributed by atoms with E-state index >= 15 is 0 Å². The van der Waals surface area contributed by atoms with Crippen LogP contribution in [-0.2, 0) is 5.41 Å². The average Bonchev–Trinajstić information content (AvgIpc) is 3.50. The van der Waals surface area contributed by atoms with Crippen LogP contribution in [0.4, 0.5) is 0 Å². The SMILES string of the molecule is c1ccc(-c2cccc(-c3nc4ccc5ccccc5c4nc3-c3ccc4c(c3)-c3c(ccc5ccccc35)C43C4CC5CC(C4)CC3C5)c2)cc1. The molecule has 248 valence electrons. The van der Waals surface area contributed by atoms with Crippen molar-refractivity contribution in [3.8, 4) is 44.8 Å². The van der Waals surface area contributed by atoms with Gasteiger partial charge >= 0.3 is 0 Å². The second kappa shape index (κ2) is 10.7. The zero-order chi connectivity index (χ0) is 34.0. The van der Waals surface area contributed by atoms with Gasteiger partial charge in [0.1, 0.15) is 0 Å². The standard InChI is InChI=1S/C50H38N2/c1-2-9-32(10-3-1)35-13-8-14-36(28-35)47-48(52-49-41-16-7-5-12-34(41)19-22-45(49)51-47)37-18-20-43-42(29-37)46-40-15-6-4-11-33(40)17-21-44(46)50(43)38-24-30-23-31(26-38)27-39(50)25-30/h1-22,28-31,38-39H,23-27H2. The predicted octanol–water partition coefficient (Wildman–Crippen LogP) is 12.7. The summed E-state index contributed by atoms with van der Waals surface area (Å²) in [5.74, 6) is 3.27. The molecule has 2 heteroatoms. The van der Waals surface area contributed by atoms with E-state index in [1.807, 2.05) is 0 Å². The van der Waals surface area contributed by atoms with Gasteiger partial charge in [0.15, 0.2) is 0 Å². The Hall–Kier alpha value is -5.60. The lowest BCUT2D eigenvalue weighted by Gasteiger charge is -2.61. The van der Waals surface area contributed by atoms with Crippen LogP contribution in [0.15, 0.2) is 146 Å². The van der Waals surface area contributed by atoms with E-state index in [0.717, 1.165) is 62.6 Å². The molecule has 0 radical (unpaired) electrons. The number of rotatable bonds is 3. The molecule has 0 saturated heterocycles. The summed E-state index contributed by atoms with van der Waals surface area (Å²) >= 11 is 0. The first-order chi connectivity index (χ1) is 25.7. The van der Waals surface area contributed by atoms with Gasteiger partial charge in [-0.05, 0) is 124 Å². The molecule has 4 bridgehead atoms. The van der Waals surface area contributed by atoms with Crippen LogP contribution < -0.4 is 0 Å². The van der Waals surface area contributed by atoms with Crippen molar-refractivity contribution in [3.63, 3.8) is 0 Å². The third-order valence-corrected chi connectivity index (χ3v) is 13.6. The molecule has 0 N–H and O–H groups in total. The quantitative estimate of drug-likeness (QED) is 0.175. The van der Waals surface area contributed by atoms with Gasteiger partial charge in [0.2, 0.25) is 0 Å². The summed E-state index contributed by atoms with van der Waals surface area (Å²) in [5.41, 5.74) is 14.5. The Kier molecular flexibility index (Phi) is 5.98. The van der Waals surface area contributed by atoms with Gasteiger partial charge in [-0.3, -0.25) is 0 Å². The smallest absolute Gasteiger partial charge is 0.0973 e. The summed E-state index contributed by atoms with van der Waals surface area (Å²) < 4.78 is 0. The molecule has 0 amide bonds. The van der Waals surface area contributed by atoms with E-state index < -0.39 is 0 Å². The topological polar surface area (TPSA) is 25.8 Å². The second-order valence-corrected chi connectivity index (χ2v) is 16.2. The van der Waals surface area contributed by atoms with Gasteiger partial charge in [-0.2, -0.15) is 0 Å². The Morgan fingerprint density at radius 2 is 1.06 bits per heavy atom. The molecule has 7 aromatic carbocycles. The van der Waals surface area contributed by atoms with Crippen molar-refractivity contribution in [3.05, 3.63) is 157 Å². The van der Waals surface area contributed by atoms with Crippen molar-refractivity contribution >= 4 is 32.6 Å².